The summed E-state index contributed by atoms with van der Waals surface area (Å²) in [5.74, 6) is -3.24. The first-order chi connectivity index (χ1) is 15.4. The van der Waals surface area contributed by atoms with Crippen LogP contribution in [0.5, 0.6) is 11.5 Å². The fraction of sp³-hybridized carbons (Fsp3) is 0.545. The summed E-state index contributed by atoms with van der Waals surface area (Å²) in [7, 11) is 0. The van der Waals surface area contributed by atoms with Gasteiger partial charge in [-0.15, -0.1) is 0 Å². The van der Waals surface area contributed by atoms with Crippen LogP contribution in [0.25, 0.3) is 6.08 Å². The molecule has 2 aliphatic rings. The minimum absolute atomic E-state index is 0. The molecule has 10 N–H and O–H groups in total. The molecular weight excluding hydrogens is 631 g/mol. The molecule has 1 aromatic rings. The number of aliphatic hydroxyl groups is 3. The smallest absolute Gasteiger partial charge is 0.504 e. The van der Waals surface area contributed by atoms with Gasteiger partial charge < -0.3 is 46.8 Å². The van der Waals surface area contributed by atoms with E-state index in [0.29, 0.717) is 5.56 Å². The Hall–Kier alpha value is -2.01. The van der Waals surface area contributed by atoms with Crippen LogP contribution < -0.4 is 11.5 Å². The summed E-state index contributed by atoms with van der Waals surface area (Å²) in [5, 5.41) is 57.0. The number of rotatable bonds is 4. The number of hydrogen-bond donors (Lipinski definition) is 8. The van der Waals surface area contributed by atoms with Gasteiger partial charge in [-0.25, -0.2) is 9.59 Å². The fourth-order valence-corrected chi connectivity index (χ4v) is 3.72. The maximum Gasteiger partial charge on any atom is 4.00 e. The Balaban J connectivity index is 0.000000543. The largest absolute Gasteiger partial charge is 4.00 e. The number of benzene rings is 1. The summed E-state index contributed by atoms with van der Waals surface area (Å²) >= 11 is 0. The fourth-order valence-electron chi connectivity index (χ4n) is 3.72. The number of esters is 1. The average molecular weight is 664 g/mol. The van der Waals surface area contributed by atoms with Crippen molar-refractivity contribution in [2.75, 3.05) is 0 Å². The molecule has 3 rings (SSSR count). The number of nitrogens with two attached hydrogens (primary N) is 2. The molecule has 0 saturated heterocycles. The van der Waals surface area contributed by atoms with Crippen molar-refractivity contribution in [2.45, 2.75) is 74.5 Å². The Bertz CT molecular complexity index is 859. The molecule has 1 aromatic carbocycles. The number of phenols is 2. The van der Waals surface area contributed by atoms with Gasteiger partial charge in [0.05, 0.1) is 6.10 Å². The molecule has 2 aliphatic carbocycles. The standard InChI is InChI=1S/C16H18O9.C6H14N2.Pt/c17-9-3-1-8(5-10(9)18)2-4-13(20)25-12-7-16(24,15(22)23)6-11(19)14(12)21;7-5-3-1-2-4-6(5)8;/h1-5,11-12,14,17-19,21,24H,6-7H2,(H,22,23);5-6H,1-4,7-8H2;/q;;+4/b4-2+;;/t11-,12-,14-,16+;5-,6-;/m11./s1. The van der Waals surface area contributed by atoms with Gasteiger partial charge in [-0.3, -0.25) is 0 Å². The quantitative estimate of drug-likeness (QED) is 0.117. The molecule has 11 nitrogen and oxygen atoms in total. The normalized spacial score (nSPS) is 31.0. The van der Waals surface area contributed by atoms with Crippen LogP contribution in [0.2, 0.25) is 0 Å². The van der Waals surface area contributed by atoms with Crippen LogP contribution in [-0.2, 0) is 35.4 Å². The second kappa shape index (κ2) is 13.2. The van der Waals surface area contributed by atoms with Gasteiger partial charge in [-0.05, 0) is 36.6 Å². The van der Waals surface area contributed by atoms with Crippen molar-refractivity contribution < 1.29 is 66.0 Å². The van der Waals surface area contributed by atoms with Crippen LogP contribution in [0.15, 0.2) is 24.3 Å². The number of ether oxygens (including phenoxy) is 1. The molecule has 0 amide bonds. The van der Waals surface area contributed by atoms with E-state index in [1.54, 1.807) is 0 Å². The van der Waals surface area contributed by atoms with E-state index < -0.39 is 48.7 Å². The average Bonchev–Trinajstić information content (AvgIpc) is 2.75. The second-order valence-electron chi connectivity index (χ2n) is 8.47. The van der Waals surface area contributed by atoms with Crippen molar-refractivity contribution in [3.05, 3.63) is 29.8 Å². The van der Waals surface area contributed by atoms with Gasteiger partial charge in [-0.2, -0.15) is 0 Å². The van der Waals surface area contributed by atoms with Crippen LogP contribution in [-0.4, -0.2) is 78.6 Å². The number of aliphatic hydroxyl groups excluding tert-OH is 2. The number of carbonyl (C=O) groups excluding carboxylic acids is 1. The number of phenolic OH excluding ortho intramolecular Hbond substituents is 2. The summed E-state index contributed by atoms with van der Waals surface area (Å²) in [6.45, 7) is 0. The van der Waals surface area contributed by atoms with Crippen molar-refractivity contribution in [2.24, 2.45) is 11.5 Å². The zero-order valence-corrected chi connectivity index (χ0v) is 20.7. The van der Waals surface area contributed by atoms with Crippen molar-refractivity contribution in [1.82, 2.24) is 0 Å². The zero-order chi connectivity index (χ0) is 24.8. The van der Waals surface area contributed by atoms with E-state index in [9.17, 15) is 35.1 Å². The Labute approximate surface area is 211 Å². The number of aliphatic carboxylic acids is 1. The van der Waals surface area contributed by atoms with Gasteiger partial charge in [0.25, 0.3) is 0 Å². The molecule has 12 heteroatoms. The Kier molecular flexibility index (Phi) is 11.6. The van der Waals surface area contributed by atoms with Gasteiger partial charge >= 0.3 is 33.0 Å². The number of aromatic hydroxyl groups is 2. The maximum atomic E-state index is 11.8. The van der Waals surface area contributed by atoms with Crippen LogP contribution in [0.3, 0.4) is 0 Å². The van der Waals surface area contributed by atoms with Crippen molar-refractivity contribution in [1.29, 1.82) is 0 Å². The van der Waals surface area contributed by atoms with Gasteiger partial charge in [-0.1, -0.05) is 18.9 Å². The van der Waals surface area contributed by atoms with Gasteiger partial charge in [0.15, 0.2) is 17.1 Å². The maximum absolute atomic E-state index is 11.8. The van der Waals surface area contributed by atoms with E-state index >= 15 is 0 Å². The predicted octanol–water partition coefficient (Wildman–Crippen LogP) is -0.433. The summed E-state index contributed by atoms with van der Waals surface area (Å²) in [5.41, 5.74) is 9.37. The molecule has 2 fully saturated rings. The first-order valence-electron chi connectivity index (χ1n) is 10.7. The molecule has 190 valence electrons. The minimum atomic E-state index is -2.31. The van der Waals surface area contributed by atoms with Gasteiger partial charge in [0, 0.05) is 31.0 Å². The van der Waals surface area contributed by atoms with E-state index in [0.717, 1.165) is 18.9 Å². The monoisotopic (exact) mass is 663 g/mol. The molecule has 0 unspecified atom stereocenters. The predicted molar refractivity (Wildman–Crippen MR) is 117 cm³/mol. The van der Waals surface area contributed by atoms with Crippen LogP contribution >= 0.6 is 0 Å². The van der Waals surface area contributed by atoms with Crippen LogP contribution in [0, 0.1) is 0 Å². The number of carboxylic acids is 1. The van der Waals surface area contributed by atoms with Crippen LogP contribution in [0.1, 0.15) is 44.1 Å². The molecule has 0 radical (unpaired) electrons. The van der Waals surface area contributed by atoms with Gasteiger partial charge in [0.1, 0.15) is 12.2 Å². The zero-order valence-electron chi connectivity index (χ0n) is 18.4. The summed E-state index contributed by atoms with van der Waals surface area (Å²) < 4.78 is 4.92. The SMILES string of the molecule is N[C@@H]1CCCC[C@H]1N.O=C(/C=C/c1ccc(O)c(O)c1)O[C@@H]1C[C@](O)(C(=O)O)C[C@@H](O)[C@H]1O.[Pt+4]. The van der Waals surface area contributed by atoms with E-state index in [-0.39, 0.29) is 44.6 Å². The Morgan fingerprint density at radius 3 is 2.12 bits per heavy atom. The second-order valence-corrected chi connectivity index (χ2v) is 8.47. The van der Waals surface area contributed by atoms with Crippen molar-refractivity contribution >= 4 is 18.0 Å². The molecule has 0 spiro atoms. The minimum Gasteiger partial charge on any atom is -0.504 e. The molecule has 2 saturated carbocycles. The van der Waals surface area contributed by atoms with E-state index in [2.05, 4.69) is 0 Å². The van der Waals surface area contributed by atoms with E-state index in [1.165, 1.54) is 37.1 Å². The molecule has 0 heterocycles. The first kappa shape index (κ1) is 30.0. The summed E-state index contributed by atoms with van der Waals surface area (Å²) in [4.78, 5) is 22.9. The third-order valence-corrected chi connectivity index (χ3v) is 5.81. The molecule has 0 aliphatic heterocycles. The van der Waals surface area contributed by atoms with Crippen molar-refractivity contribution in [3.63, 3.8) is 0 Å². The Morgan fingerprint density at radius 2 is 1.62 bits per heavy atom. The van der Waals surface area contributed by atoms with E-state index in [1.807, 2.05) is 0 Å². The number of carbonyl (C=O) groups is 2. The first-order valence-corrected chi connectivity index (χ1v) is 10.7. The van der Waals surface area contributed by atoms with Crippen molar-refractivity contribution in [3.8, 4) is 11.5 Å². The van der Waals surface area contributed by atoms with Crippen LogP contribution in [0.4, 0.5) is 0 Å². The summed E-state index contributed by atoms with van der Waals surface area (Å²) in [6, 6.07) is 4.39. The molecule has 0 aromatic heterocycles. The van der Waals surface area contributed by atoms with Gasteiger partial charge in [0.2, 0.25) is 0 Å². The molecule has 6 atom stereocenters. The van der Waals surface area contributed by atoms with E-state index in [4.69, 9.17) is 21.3 Å². The summed E-state index contributed by atoms with van der Waals surface area (Å²) in [6.07, 6.45) is 1.36. The molecular formula is C22H32N2O9Pt+4. The Morgan fingerprint density at radius 1 is 1.03 bits per heavy atom. The third-order valence-electron chi connectivity index (χ3n) is 5.81. The molecule has 0 bridgehead atoms. The number of carboxylic acid groups (broad SMARTS) is 1. The topological polar surface area (TPSA) is 217 Å². The number of hydrogen-bond acceptors (Lipinski definition) is 10. The third kappa shape index (κ3) is 8.33. The molecule has 34 heavy (non-hydrogen) atoms.